The van der Waals surface area contributed by atoms with E-state index < -0.39 is 33.5 Å². The van der Waals surface area contributed by atoms with Gasteiger partial charge in [-0.15, -0.1) is 0 Å². The average molecular weight is 490 g/mol. The van der Waals surface area contributed by atoms with Crippen LogP contribution in [0, 0.1) is 5.82 Å². The smallest absolute Gasteiger partial charge is 0.366 e. The Labute approximate surface area is 198 Å². The van der Waals surface area contributed by atoms with Crippen LogP contribution in [0.5, 0.6) is 0 Å². The summed E-state index contributed by atoms with van der Waals surface area (Å²) in [4.78, 5) is 42.6. The molecule has 2 amide bonds. The van der Waals surface area contributed by atoms with E-state index in [-0.39, 0.29) is 48.2 Å². The van der Waals surface area contributed by atoms with Crippen molar-refractivity contribution >= 4 is 38.5 Å². The highest BCUT2D eigenvalue weighted by Gasteiger charge is 2.38. The SMILES string of the molecule is C/C=C(/F)C1=C(C)C(=O)N(Cc2ccc(F)cc2)[C@@H]1CCC(=O)NC1=CC=S(C(=O)OC)C=N1. The van der Waals surface area contributed by atoms with Crippen LogP contribution in [-0.4, -0.2) is 46.1 Å². The van der Waals surface area contributed by atoms with Gasteiger partial charge in [-0.1, -0.05) is 18.2 Å². The number of carbonyl (C=O) groups is 3. The van der Waals surface area contributed by atoms with E-state index in [2.05, 4.69) is 15.0 Å². The van der Waals surface area contributed by atoms with Crippen LogP contribution in [0.3, 0.4) is 0 Å². The highest BCUT2D eigenvalue weighted by molar-refractivity contribution is 8.37. The number of methoxy groups -OCH3 is 1. The second-order valence-electron chi connectivity index (χ2n) is 7.59. The first-order valence-corrected chi connectivity index (χ1v) is 11.9. The van der Waals surface area contributed by atoms with Crippen molar-refractivity contribution in [2.75, 3.05) is 7.11 Å². The zero-order chi connectivity index (χ0) is 24.8. The van der Waals surface area contributed by atoms with E-state index in [1.165, 1.54) is 41.8 Å². The Balaban J connectivity index is 1.72. The number of ether oxygens (including phenoxy) is 1. The molecule has 0 aliphatic carbocycles. The first kappa shape index (κ1) is 25.2. The zero-order valence-corrected chi connectivity index (χ0v) is 19.8. The van der Waals surface area contributed by atoms with Gasteiger partial charge in [0.25, 0.3) is 5.91 Å². The van der Waals surface area contributed by atoms with Crippen molar-refractivity contribution in [3.63, 3.8) is 0 Å². The maximum Gasteiger partial charge on any atom is 0.366 e. The molecule has 2 aliphatic rings. The summed E-state index contributed by atoms with van der Waals surface area (Å²) < 4.78 is 32.7. The number of carbonyl (C=O) groups excluding carboxylic acids is 3. The second-order valence-corrected chi connectivity index (χ2v) is 9.15. The minimum atomic E-state index is -0.903. The molecule has 0 aromatic heterocycles. The van der Waals surface area contributed by atoms with E-state index in [1.807, 2.05) is 0 Å². The zero-order valence-electron chi connectivity index (χ0n) is 19.0. The Kier molecular flexibility index (Phi) is 8.27. The van der Waals surface area contributed by atoms with E-state index in [4.69, 9.17) is 0 Å². The molecule has 0 bridgehead atoms. The maximum atomic E-state index is 14.7. The van der Waals surface area contributed by atoms with Crippen LogP contribution in [0.25, 0.3) is 0 Å². The topological polar surface area (TPSA) is 88.1 Å². The molecule has 180 valence electrons. The van der Waals surface area contributed by atoms with E-state index in [9.17, 15) is 23.2 Å². The fourth-order valence-electron chi connectivity index (χ4n) is 3.71. The molecular formula is C24H25F2N3O4S. The lowest BCUT2D eigenvalue weighted by Crippen LogP contribution is -2.36. The fraction of sp³-hybridized carbons (Fsp3) is 0.292. The van der Waals surface area contributed by atoms with Crippen LogP contribution in [0.4, 0.5) is 13.6 Å². The van der Waals surface area contributed by atoms with Gasteiger partial charge in [0.2, 0.25) is 5.91 Å². The van der Waals surface area contributed by atoms with Gasteiger partial charge in [0.1, 0.15) is 17.5 Å². The molecule has 0 fully saturated rings. The summed E-state index contributed by atoms with van der Waals surface area (Å²) in [5.41, 5.74) is 2.63. The average Bonchev–Trinajstić information content (AvgIpc) is 3.07. The molecule has 1 N–H and O–H groups in total. The molecule has 3 rings (SSSR count). The Morgan fingerprint density at radius 3 is 2.59 bits per heavy atom. The molecule has 34 heavy (non-hydrogen) atoms. The summed E-state index contributed by atoms with van der Waals surface area (Å²) in [5.74, 6) is -1.33. The van der Waals surface area contributed by atoms with Gasteiger partial charge in [-0.05, 0) is 59.9 Å². The molecular weight excluding hydrogens is 464 g/mol. The van der Waals surface area contributed by atoms with Crippen LogP contribution in [0.15, 0.2) is 64.2 Å². The molecule has 2 aliphatic heterocycles. The third-order valence-electron chi connectivity index (χ3n) is 5.42. The predicted molar refractivity (Wildman–Crippen MR) is 128 cm³/mol. The number of benzene rings is 1. The minimum absolute atomic E-state index is 0.00121. The van der Waals surface area contributed by atoms with Gasteiger partial charge in [0.15, 0.2) is 0 Å². The summed E-state index contributed by atoms with van der Waals surface area (Å²) in [7, 11) is 0.381. The second kappa shape index (κ2) is 11.1. The highest BCUT2D eigenvalue weighted by atomic mass is 32.2. The van der Waals surface area contributed by atoms with Crippen molar-refractivity contribution in [3.05, 3.63) is 70.6 Å². The van der Waals surface area contributed by atoms with E-state index >= 15 is 0 Å². The first-order valence-electron chi connectivity index (χ1n) is 10.5. The molecule has 0 saturated carbocycles. The van der Waals surface area contributed by atoms with Crippen molar-refractivity contribution < 1.29 is 27.9 Å². The summed E-state index contributed by atoms with van der Waals surface area (Å²) in [6.45, 7) is 3.26. The number of halogens is 2. The normalized spacial score (nSPS) is 20.3. The molecule has 0 radical (unpaired) electrons. The molecule has 2 atom stereocenters. The van der Waals surface area contributed by atoms with Crippen molar-refractivity contribution in [3.8, 4) is 0 Å². The molecule has 1 aromatic rings. The highest BCUT2D eigenvalue weighted by Crippen LogP contribution is 2.35. The van der Waals surface area contributed by atoms with Gasteiger partial charge >= 0.3 is 5.30 Å². The standard InChI is InChI=1S/C24H25F2N3O4S/c1-4-18(26)22-15(2)23(31)29(13-16-5-7-17(25)8-6-16)19(22)9-10-21(30)28-20-11-12-34(14-27-20)24(32)33-3/h4-8,11-12,14,19H,9-10,13H2,1-3H3,(H,27,28,30)/b18-4+/t19-,34?/m1/s1. The van der Waals surface area contributed by atoms with Crippen LogP contribution in [-0.2, 0) is 20.9 Å². The lowest BCUT2D eigenvalue weighted by Gasteiger charge is -2.27. The monoisotopic (exact) mass is 489 g/mol. The van der Waals surface area contributed by atoms with Gasteiger partial charge in [0, 0.05) is 24.1 Å². The number of nitrogens with one attached hydrogen (secondary N) is 1. The van der Waals surface area contributed by atoms with Crippen LogP contribution >= 0.6 is 10.5 Å². The Bertz CT molecular complexity index is 1150. The van der Waals surface area contributed by atoms with Gasteiger partial charge < -0.3 is 15.0 Å². The Morgan fingerprint density at radius 1 is 1.29 bits per heavy atom. The van der Waals surface area contributed by atoms with Crippen molar-refractivity contribution in [1.82, 2.24) is 10.2 Å². The number of hydrogen-bond acceptors (Lipinski definition) is 5. The third-order valence-corrected chi connectivity index (χ3v) is 6.73. The molecule has 2 heterocycles. The van der Waals surface area contributed by atoms with Crippen LogP contribution in [0.2, 0.25) is 0 Å². The largest absolute Gasteiger partial charge is 0.461 e. The van der Waals surface area contributed by atoms with Crippen molar-refractivity contribution in [2.24, 2.45) is 4.99 Å². The maximum absolute atomic E-state index is 14.7. The molecule has 0 spiro atoms. The van der Waals surface area contributed by atoms with Crippen molar-refractivity contribution in [1.29, 1.82) is 0 Å². The molecule has 0 saturated heterocycles. The molecule has 1 unspecified atom stereocenters. The van der Waals surface area contributed by atoms with Gasteiger partial charge in [-0.3, -0.25) is 9.59 Å². The van der Waals surface area contributed by atoms with Gasteiger partial charge in [0.05, 0.1) is 18.7 Å². The summed E-state index contributed by atoms with van der Waals surface area (Å²) >= 11 is 0. The van der Waals surface area contributed by atoms with E-state index in [0.717, 1.165) is 0 Å². The fourth-order valence-corrected chi connectivity index (χ4v) is 4.67. The van der Waals surface area contributed by atoms with E-state index in [0.29, 0.717) is 5.56 Å². The molecule has 1 aromatic carbocycles. The summed E-state index contributed by atoms with van der Waals surface area (Å²) in [6, 6.07) is 5.08. The number of amides is 2. The number of nitrogens with zero attached hydrogens (tertiary/aromatic N) is 2. The lowest BCUT2D eigenvalue weighted by molar-refractivity contribution is -0.128. The van der Waals surface area contributed by atoms with Crippen molar-refractivity contribution in [2.45, 2.75) is 39.3 Å². The minimum Gasteiger partial charge on any atom is -0.461 e. The number of aliphatic imine (C=N–C) groups is 1. The quantitative estimate of drug-likeness (QED) is 0.456. The predicted octanol–water partition coefficient (Wildman–Crippen LogP) is 4.34. The summed E-state index contributed by atoms with van der Waals surface area (Å²) in [5, 5.41) is 3.80. The molecule has 10 heteroatoms. The Morgan fingerprint density at radius 2 is 2.00 bits per heavy atom. The number of hydrogen-bond donors (Lipinski definition) is 1. The third kappa shape index (κ3) is 5.74. The van der Waals surface area contributed by atoms with Crippen LogP contribution < -0.4 is 5.32 Å². The summed E-state index contributed by atoms with van der Waals surface area (Å²) in [6.07, 6.45) is 2.99. The molecule has 7 nitrogen and oxygen atoms in total. The van der Waals surface area contributed by atoms with Gasteiger partial charge in [-0.2, -0.15) is 0 Å². The lowest BCUT2D eigenvalue weighted by atomic mass is 9.99. The van der Waals surface area contributed by atoms with Gasteiger partial charge in [-0.25, -0.2) is 18.6 Å². The number of allylic oxidation sites excluding steroid dienone is 2. The van der Waals surface area contributed by atoms with Crippen LogP contribution in [0.1, 0.15) is 32.3 Å². The Hall–Kier alpha value is -3.40. The first-order chi connectivity index (χ1) is 16.2. The van der Waals surface area contributed by atoms with E-state index in [1.54, 1.807) is 31.3 Å². The number of rotatable bonds is 7.